The van der Waals surface area contributed by atoms with Gasteiger partial charge in [-0.2, -0.15) is 0 Å². The molecule has 1 saturated heterocycles. The molecule has 1 aromatic carbocycles. The first-order valence-corrected chi connectivity index (χ1v) is 10.2. The number of carbonyl (C=O) groups excluding carboxylic acids is 1. The molecular weight excluding hydrogens is 374 g/mol. The highest BCUT2D eigenvalue weighted by atomic mass is 16.5. The molecule has 0 spiro atoms. The molecule has 3 rings (SSSR count). The molecule has 160 valence electrons. The summed E-state index contributed by atoms with van der Waals surface area (Å²) >= 11 is 0. The van der Waals surface area contributed by atoms with Crippen LogP contribution in [0.3, 0.4) is 0 Å². The van der Waals surface area contributed by atoms with Gasteiger partial charge in [-0.1, -0.05) is 6.42 Å². The number of benzene rings is 1. The van der Waals surface area contributed by atoms with E-state index < -0.39 is 0 Å². The van der Waals surface area contributed by atoms with Gasteiger partial charge in [0.1, 0.15) is 12.3 Å². The number of hydrogen-bond acceptors (Lipinski definition) is 6. The molecule has 1 aliphatic heterocycles. The fraction of sp³-hybridized carbons (Fsp3) is 0.571. The average molecular weight is 405 g/mol. The Balaban J connectivity index is 1.98. The van der Waals surface area contributed by atoms with Crippen LogP contribution in [0.5, 0.6) is 17.2 Å². The highest BCUT2D eigenvalue weighted by Gasteiger charge is 2.27. The second-order valence-corrected chi connectivity index (χ2v) is 7.35. The van der Waals surface area contributed by atoms with E-state index in [1.807, 2.05) is 13.8 Å². The summed E-state index contributed by atoms with van der Waals surface area (Å²) in [6, 6.07) is 1.42. The van der Waals surface area contributed by atoms with E-state index in [0.717, 1.165) is 19.6 Å². The van der Waals surface area contributed by atoms with Crippen molar-refractivity contribution in [1.29, 1.82) is 0 Å². The minimum absolute atomic E-state index is 0.104. The predicted molar refractivity (Wildman–Crippen MR) is 112 cm³/mol. The van der Waals surface area contributed by atoms with E-state index in [9.17, 15) is 4.79 Å². The van der Waals surface area contributed by atoms with E-state index in [-0.39, 0.29) is 12.1 Å². The van der Waals surface area contributed by atoms with E-state index in [2.05, 4.69) is 15.5 Å². The number of amides is 2. The maximum absolute atomic E-state index is 12.2. The standard InChI is InChI=1S/C21H31N3O5/c1-14(2)29-17-15-8-12-27-18(15)20(26-4)19(16(17)23-21(25)22-3)28-13-11-24-9-6-5-7-10-24/h8,12,14H,5-7,9-11,13H2,1-4H3,(H2,22,23,25). The quantitative estimate of drug-likeness (QED) is 0.694. The normalized spacial score (nSPS) is 14.8. The molecule has 0 saturated carbocycles. The van der Waals surface area contributed by atoms with Crippen molar-refractivity contribution < 1.29 is 23.4 Å². The lowest BCUT2D eigenvalue weighted by Gasteiger charge is -2.27. The van der Waals surface area contributed by atoms with Crippen molar-refractivity contribution in [3.8, 4) is 17.2 Å². The second kappa shape index (κ2) is 9.73. The largest absolute Gasteiger partial charge is 0.490 e. The Morgan fingerprint density at radius 1 is 1.21 bits per heavy atom. The topological polar surface area (TPSA) is 85.2 Å². The number of methoxy groups -OCH3 is 1. The Bertz CT molecular complexity index is 827. The van der Waals surface area contributed by atoms with Crippen molar-refractivity contribution in [2.75, 3.05) is 45.7 Å². The number of ether oxygens (including phenoxy) is 3. The minimum atomic E-state index is -0.371. The maximum atomic E-state index is 12.2. The van der Waals surface area contributed by atoms with E-state index >= 15 is 0 Å². The molecule has 8 nitrogen and oxygen atoms in total. The van der Waals surface area contributed by atoms with Crippen LogP contribution in [0.25, 0.3) is 11.0 Å². The third kappa shape index (κ3) is 4.87. The molecule has 0 atom stereocenters. The van der Waals surface area contributed by atoms with Gasteiger partial charge in [-0.15, -0.1) is 0 Å². The first-order chi connectivity index (χ1) is 14.0. The summed E-state index contributed by atoms with van der Waals surface area (Å²) < 4.78 is 23.5. The summed E-state index contributed by atoms with van der Waals surface area (Å²) in [6.07, 6.45) is 5.19. The van der Waals surface area contributed by atoms with Crippen LogP contribution in [0.4, 0.5) is 10.5 Å². The number of urea groups is 1. The lowest BCUT2D eigenvalue weighted by atomic mass is 10.1. The zero-order valence-electron chi connectivity index (χ0n) is 17.7. The summed E-state index contributed by atoms with van der Waals surface area (Å²) in [5, 5.41) is 6.13. The number of rotatable bonds is 8. The number of hydrogen-bond donors (Lipinski definition) is 2. The van der Waals surface area contributed by atoms with Crippen LogP contribution in [0.1, 0.15) is 33.1 Å². The van der Waals surface area contributed by atoms with Gasteiger partial charge in [-0.05, 0) is 45.8 Å². The number of likely N-dealkylation sites (tertiary alicyclic amines) is 1. The molecule has 0 radical (unpaired) electrons. The van der Waals surface area contributed by atoms with Gasteiger partial charge in [0.2, 0.25) is 5.75 Å². The third-order valence-electron chi connectivity index (χ3n) is 4.90. The van der Waals surface area contributed by atoms with Crippen LogP contribution in [-0.2, 0) is 0 Å². The maximum Gasteiger partial charge on any atom is 0.319 e. The van der Waals surface area contributed by atoms with Crippen molar-refractivity contribution in [2.24, 2.45) is 0 Å². The van der Waals surface area contributed by atoms with E-state index in [4.69, 9.17) is 18.6 Å². The first kappa shape index (κ1) is 21.1. The SMILES string of the molecule is CNC(=O)Nc1c(OCCN2CCCCC2)c(OC)c2occc2c1OC(C)C. The zero-order chi connectivity index (χ0) is 20.8. The minimum Gasteiger partial charge on any atom is -0.490 e. The molecule has 8 heteroatoms. The predicted octanol–water partition coefficient (Wildman–Crippen LogP) is 3.84. The molecule has 2 amide bonds. The van der Waals surface area contributed by atoms with Gasteiger partial charge in [-0.3, -0.25) is 4.90 Å². The summed E-state index contributed by atoms with van der Waals surface area (Å²) in [5.41, 5.74) is 0.959. The van der Waals surface area contributed by atoms with Crippen molar-refractivity contribution >= 4 is 22.7 Å². The van der Waals surface area contributed by atoms with E-state index in [0.29, 0.717) is 40.5 Å². The molecule has 0 unspecified atom stereocenters. The number of fused-ring (bicyclic) bond motifs is 1. The van der Waals surface area contributed by atoms with Gasteiger partial charge in [0.15, 0.2) is 17.1 Å². The summed E-state index contributed by atoms with van der Waals surface area (Å²) in [5.74, 6) is 1.35. The molecule has 2 heterocycles. The average Bonchev–Trinajstić information content (AvgIpc) is 3.20. The van der Waals surface area contributed by atoms with E-state index in [1.54, 1.807) is 26.5 Å². The van der Waals surface area contributed by atoms with Crippen LogP contribution in [0.2, 0.25) is 0 Å². The van der Waals surface area contributed by atoms with Crippen molar-refractivity contribution in [3.05, 3.63) is 12.3 Å². The van der Waals surface area contributed by atoms with Crippen LogP contribution in [0, 0.1) is 0 Å². The van der Waals surface area contributed by atoms with Crippen molar-refractivity contribution in [2.45, 2.75) is 39.2 Å². The Morgan fingerprint density at radius 2 is 1.97 bits per heavy atom. The summed E-state index contributed by atoms with van der Waals surface area (Å²) in [4.78, 5) is 14.5. The summed E-state index contributed by atoms with van der Waals surface area (Å²) in [7, 11) is 3.12. The number of nitrogens with one attached hydrogen (secondary N) is 2. The second-order valence-electron chi connectivity index (χ2n) is 7.35. The van der Waals surface area contributed by atoms with Crippen LogP contribution in [0.15, 0.2) is 16.7 Å². The Hall–Kier alpha value is -2.61. The third-order valence-corrected chi connectivity index (χ3v) is 4.90. The molecule has 2 N–H and O–H groups in total. The van der Waals surface area contributed by atoms with Gasteiger partial charge in [0.25, 0.3) is 0 Å². The van der Waals surface area contributed by atoms with E-state index in [1.165, 1.54) is 19.3 Å². The number of nitrogens with zero attached hydrogens (tertiary/aromatic N) is 1. The van der Waals surface area contributed by atoms with Gasteiger partial charge < -0.3 is 29.3 Å². The highest BCUT2D eigenvalue weighted by molar-refractivity contribution is 6.03. The molecule has 1 fully saturated rings. The van der Waals surface area contributed by atoms with Crippen molar-refractivity contribution in [3.63, 3.8) is 0 Å². The van der Waals surface area contributed by atoms with Crippen molar-refractivity contribution in [1.82, 2.24) is 10.2 Å². The van der Waals surface area contributed by atoms with Crippen LogP contribution >= 0.6 is 0 Å². The fourth-order valence-electron chi connectivity index (χ4n) is 3.55. The molecule has 1 aliphatic rings. The molecular formula is C21H31N3O5. The lowest BCUT2D eigenvalue weighted by Crippen LogP contribution is -2.33. The summed E-state index contributed by atoms with van der Waals surface area (Å²) in [6.45, 7) is 7.30. The van der Waals surface area contributed by atoms with Crippen LogP contribution < -0.4 is 24.8 Å². The monoisotopic (exact) mass is 405 g/mol. The first-order valence-electron chi connectivity index (χ1n) is 10.2. The zero-order valence-corrected chi connectivity index (χ0v) is 17.7. The molecule has 0 aliphatic carbocycles. The molecule has 2 aromatic rings. The molecule has 0 bridgehead atoms. The van der Waals surface area contributed by atoms with Gasteiger partial charge in [0, 0.05) is 13.6 Å². The lowest BCUT2D eigenvalue weighted by molar-refractivity contribution is 0.180. The highest BCUT2D eigenvalue weighted by Crippen LogP contribution is 2.50. The van der Waals surface area contributed by atoms with Crippen LogP contribution in [-0.4, -0.2) is 57.4 Å². The number of piperidine rings is 1. The fourth-order valence-corrected chi connectivity index (χ4v) is 3.55. The Kier molecular flexibility index (Phi) is 7.09. The number of furan rings is 1. The molecule has 1 aromatic heterocycles. The number of carbonyl (C=O) groups is 1. The smallest absolute Gasteiger partial charge is 0.319 e. The molecule has 29 heavy (non-hydrogen) atoms. The number of anilines is 1. The Morgan fingerprint density at radius 3 is 2.62 bits per heavy atom. The Labute approximate surface area is 171 Å². The van der Waals surface area contributed by atoms with Gasteiger partial charge in [-0.25, -0.2) is 4.79 Å². The van der Waals surface area contributed by atoms with Gasteiger partial charge in [0.05, 0.1) is 24.9 Å². The van der Waals surface area contributed by atoms with Gasteiger partial charge >= 0.3 is 6.03 Å².